The van der Waals surface area contributed by atoms with E-state index in [9.17, 15) is 9.59 Å². The molecule has 1 aromatic rings. The predicted octanol–water partition coefficient (Wildman–Crippen LogP) is 0.631. The number of hydrogen-bond donors (Lipinski definition) is 1. The Labute approximate surface area is 111 Å². The minimum absolute atomic E-state index is 0.0431. The van der Waals surface area contributed by atoms with Gasteiger partial charge in [-0.3, -0.25) is 9.78 Å². The molecule has 1 atom stereocenters. The minimum Gasteiger partial charge on any atom is -0.462 e. The quantitative estimate of drug-likeness (QED) is 0.808. The van der Waals surface area contributed by atoms with Crippen LogP contribution in [0.25, 0.3) is 0 Å². The van der Waals surface area contributed by atoms with Crippen LogP contribution in [-0.4, -0.2) is 36.1 Å². The van der Waals surface area contributed by atoms with Crippen LogP contribution in [0.15, 0.2) is 12.3 Å². The molecule has 1 aliphatic rings. The molecule has 1 fully saturated rings. The van der Waals surface area contributed by atoms with Gasteiger partial charge < -0.3 is 15.4 Å². The number of aryl methyl sites for hydroxylation is 1. The molecule has 19 heavy (non-hydrogen) atoms. The van der Waals surface area contributed by atoms with Crippen LogP contribution >= 0.6 is 0 Å². The van der Waals surface area contributed by atoms with Crippen molar-refractivity contribution in [1.29, 1.82) is 0 Å². The van der Waals surface area contributed by atoms with Gasteiger partial charge in [0.2, 0.25) is 5.91 Å². The number of hydrogen-bond acceptors (Lipinski definition) is 5. The van der Waals surface area contributed by atoms with E-state index >= 15 is 0 Å². The monoisotopic (exact) mass is 263 g/mol. The SMILES string of the molecule is CCOC(=O)c1cnc(C)c(N2CC(N)CC2=O)c1. The van der Waals surface area contributed by atoms with Crippen LogP contribution in [-0.2, 0) is 9.53 Å². The average molecular weight is 263 g/mol. The van der Waals surface area contributed by atoms with E-state index in [4.69, 9.17) is 10.5 Å². The fourth-order valence-electron chi connectivity index (χ4n) is 2.09. The Morgan fingerprint density at radius 1 is 1.63 bits per heavy atom. The van der Waals surface area contributed by atoms with Crippen LogP contribution in [0.4, 0.5) is 5.69 Å². The second-order valence-electron chi connectivity index (χ2n) is 4.52. The third kappa shape index (κ3) is 2.73. The Balaban J connectivity index is 2.32. The maximum Gasteiger partial charge on any atom is 0.339 e. The van der Waals surface area contributed by atoms with Gasteiger partial charge in [-0.25, -0.2) is 4.79 Å². The van der Waals surface area contributed by atoms with Gasteiger partial charge in [-0.2, -0.15) is 0 Å². The lowest BCUT2D eigenvalue weighted by Crippen LogP contribution is -2.29. The highest BCUT2D eigenvalue weighted by Gasteiger charge is 2.29. The molecule has 0 aromatic carbocycles. The molecule has 2 N–H and O–H groups in total. The highest BCUT2D eigenvalue weighted by Crippen LogP contribution is 2.24. The van der Waals surface area contributed by atoms with Crippen molar-refractivity contribution in [3.63, 3.8) is 0 Å². The van der Waals surface area contributed by atoms with Gasteiger partial charge in [0, 0.05) is 25.2 Å². The summed E-state index contributed by atoms with van der Waals surface area (Å²) >= 11 is 0. The zero-order valence-corrected chi connectivity index (χ0v) is 11.0. The molecule has 2 heterocycles. The summed E-state index contributed by atoms with van der Waals surface area (Å²) in [4.78, 5) is 29.3. The van der Waals surface area contributed by atoms with E-state index in [1.54, 1.807) is 24.8 Å². The van der Waals surface area contributed by atoms with Crippen LogP contribution in [0.3, 0.4) is 0 Å². The number of amides is 1. The van der Waals surface area contributed by atoms with E-state index < -0.39 is 5.97 Å². The maximum atomic E-state index is 11.8. The third-order valence-corrected chi connectivity index (χ3v) is 3.02. The van der Waals surface area contributed by atoms with E-state index in [0.29, 0.717) is 36.5 Å². The molecular weight excluding hydrogens is 246 g/mol. The zero-order valence-electron chi connectivity index (χ0n) is 11.0. The normalized spacial score (nSPS) is 18.8. The average Bonchev–Trinajstić information content (AvgIpc) is 2.69. The smallest absolute Gasteiger partial charge is 0.339 e. The molecule has 1 aromatic heterocycles. The van der Waals surface area contributed by atoms with Gasteiger partial charge in [0.25, 0.3) is 0 Å². The molecule has 0 bridgehead atoms. The van der Waals surface area contributed by atoms with Crippen LogP contribution in [0.1, 0.15) is 29.4 Å². The van der Waals surface area contributed by atoms with Crippen molar-refractivity contribution in [1.82, 2.24) is 4.98 Å². The summed E-state index contributed by atoms with van der Waals surface area (Å²) in [6.45, 7) is 4.29. The molecule has 0 spiro atoms. The van der Waals surface area contributed by atoms with Crippen molar-refractivity contribution in [2.45, 2.75) is 26.3 Å². The van der Waals surface area contributed by atoms with Gasteiger partial charge in [-0.15, -0.1) is 0 Å². The summed E-state index contributed by atoms with van der Waals surface area (Å²) in [5.41, 5.74) is 7.44. The lowest BCUT2D eigenvalue weighted by molar-refractivity contribution is -0.117. The Kier molecular flexibility index (Phi) is 3.80. The number of carbonyl (C=O) groups is 2. The Morgan fingerprint density at radius 2 is 2.37 bits per heavy atom. The van der Waals surface area contributed by atoms with Crippen LogP contribution in [0, 0.1) is 6.92 Å². The number of carbonyl (C=O) groups excluding carboxylic acids is 2. The van der Waals surface area contributed by atoms with Gasteiger partial charge in [0.05, 0.1) is 23.6 Å². The summed E-state index contributed by atoms with van der Waals surface area (Å²) in [7, 11) is 0. The molecular formula is C13H17N3O3. The molecule has 1 amide bonds. The van der Waals surface area contributed by atoms with Crippen molar-refractivity contribution in [2.24, 2.45) is 5.73 Å². The third-order valence-electron chi connectivity index (χ3n) is 3.02. The van der Waals surface area contributed by atoms with E-state index in [0.717, 1.165) is 0 Å². The second kappa shape index (κ2) is 5.36. The topological polar surface area (TPSA) is 85.5 Å². The summed E-state index contributed by atoms with van der Waals surface area (Å²) < 4.78 is 4.93. The largest absolute Gasteiger partial charge is 0.462 e. The first-order valence-corrected chi connectivity index (χ1v) is 6.22. The molecule has 1 saturated heterocycles. The molecule has 0 aliphatic carbocycles. The summed E-state index contributed by atoms with van der Waals surface area (Å²) in [6, 6.07) is 1.47. The van der Waals surface area contributed by atoms with Crippen molar-refractivity contribution >= 4 is 17.6 Å². The van der Waals surface area contributed by atoms with E-state index in [1.165, 1.54) is 6.20 Å². The van der Waals surface area contributed by atoms with Gasteiger partial charge >= 0.3 is 5.97 Å². The van der Waals surface area contributed by atoms with Gasteiger partial charge in [-0.05, 0) is 19.9 Å². The lowest BCUT2D eigenvalue weighted by Gasteiger charge is -2.18. The number of anilines is 1. The molecule has 0 saturated carbocycles. The number of nitrogens with two attached hydrogens (primary N) is 1. The number of aromatic nitrogens is 1. The van der Waals surface area contributed by atoms with Gasteiger partial charge in [0.1, 0.15) is 0 Å². The number of pyridine rings is 1. The van der Waals surface area contributed by atoms with Crippen LogP contribution in [0.2, 0.25) is 0 Å². The van der Waals surface area contributed by atoms with E-state index in [1.807, 2.05) is 0 Å². The fourth-order valence-corrected chi connectivity index (χ4v) is 2.09. The lowest BCUT2D eigenvalue weighted by atomic mass is 10.2. The molecule has 0 radical (unpaired) electrons. The minimum atomic E-state index is -0.438. The van der Waals surface area contributed by atoms with Gasteiger partial charge in [-0.1, -0.05) is 0 Å². The number of rotatable bonds is 3. The Hall–Kier alpha value is -1.95. The number of ether oxygens (including phenoxy) is 1. The molecule has 1 aliphatic heterocycles. The Bertz CT molecular complexity index is 516. The fraction of sp³-hybridized carbons (Fsp3) is 0.462. The van der Waals surface area contributed by atoms with Crippen LogP contribution in [0.5, 0.6) is 0 Å². The molecule has 2 rings (SSSR count). The number of nitrogens with zero attached hydrogens (tertiary/aromatic N) is 2. The summed E-state index contributed by atoms with van der Waals surface area (Å²) in [6.07, 6.45) is 1.78. The highest BCUT2D eigenvalue weighted by atomic mass is 16.5. The number of esters is 1. The first-order chi connectivity index (χ1) is 9.02. The van der Waals surface area contributed by atoms with Gasteiger partial charge in [0.15, 0.2) is 0 Å². The predicted molar refractivity (Wildman–Crippen MR) is 69.9 cm³/mol. The van der Waals surface area contributed by atoms with E-state index in [2.05, 4.69) is 4.98 Å². The first kappa shape index (κ1) is 13.5. The van der Waals surface area contributed by atoms with Crippen molar-refractivity contribution < 1.29 is 14.3 Å². The Morgan fingerprint density at radius 3 is 2.95 bits per heavy atom. The molecule has 6 nitrogen and oxygen atoms in total. The summed E-state index contributed by atoms with van der Waals surface area (Å²) in [5, 5.41) is 0. The van der Waals surface area contributed by atoms with Crippen LogP contribution < -0.4 is 10.6 Å². The van der Waals surface area contributed by atoms with Crippen molar-refractivity contribution in [2.75, 3.05) is 18.1 Å². The molecule has 6 heteroatoms. The standard InChI is InChI=1S/C13H17N3O3/c1-3-19-13(18)9-4-11(8(2)15-6-9)16-7-10(14)5-12(16)17/h4,6,10H,3,5,7,14H2,1-2H3. The highest BCUT2D eigenvalue weighted by molar-refractivity contribution is 5.98. The van der Waals surface area contributed by atoms with Crippen molar-refractivity contribution in [3.8, 4) is 0 Å². The second-order valence-corrected chi connectivity index (χ2v) is 4.52. The zero-order chi connectivity index (χ0) is 14.0. The molecule has 1 unspecified atom stereocenters. The summed E-state index contributed by atoms with van der Waals surface area (Å²) in [5.74, 6) is -0.481. The van der Waals surface area contributed by atoms with E-state index in [-0.39, 0.29) is 11.9 Å². The first-order valence-electron chi connectivity index (χ1n) is 6.22. The molecule has 102 valence electrons. The maximum absolute atomic E-state index is 11.8. The van der Waals surface area contributed by atoms with Crippen molar-refractivity contribution in [3.05, 3.63) is 23.5 Å².